The fraction of sp³-hybridized carbons (Fsp3) is 0.734. The van der Waals surface area contributed by atoms with E-state index in [9.17, 15) is 14.4 Å². The highest BCUT2D eigenvalue weighted by Gasteiger charge is 2.71. The number of Topliss-reactive ketones (excluding diaryl/α,β-unsaturated/α-hetero) is 1. The highest BCUT2D eigenvalue weighted by Crippen LogP contribution is 2.76. The van der Waals surface area contributed by atoms with E-state index in [0.717, 1.165) is 88.5 Å². The van der Waals surface area contributed by atoms with E-state index in [1.54, 1.807) is 5.57 Å². The molecule has 1 saturated heterocycles. The molecule has 2 aromatic rings. The topological polar surface area (TPSA) is 90.9 Å². The van der Waals surface area contributed by atoms with Gasteiger partial charge in [0.2, 0.25) is 5.91 Å². The average molecular weight is 974 g/mol. The van der Waals surface area contributed by atoms with Crippen molar-refractivity contribution >= 4 is 18.0 Å². The van der Waals surface area contributed by atoms with Crippen molar-refractivity contribution in [2.24, 2.45) is 73.9 Å². The van der Waals surface area contributed by atoms with Gasteiger partial charge in [-0.2, -0.15) is 0 Å². The van der Waals surface area contributed by atoms with Gasteiger partial charge in [0.05, 0.1) is 17.6 Å². The second-order valence-corrected chi connectivity index (χ2v) is 26.4. The zero-order valence-electron chi connectivity index (χ0n) is 46.2. The van der Waals surface area contributed by atoms with E-state index in [4.69, 9.17) is 14.2 Å². The molecule has 4 saturated carbocycles. The number of aldehydes is 1. The summed E-state index contributed by atoms with van der Waals surface area (Å²) in [5.74, 6) is 4.34. The van der Waals surface area contributed by atoms with Crippen LogP contribution in [-0.2, 0) is 30.3 Å². The Kier molecular flexibility index (Phi) is 16.4. The molecule has 1 amide bonds. The third-order valence-electron chi connectivity index (χ3n) is 22.0. The molecular formula is C64H95NO6. The Morgan fingerprint density at radius 2 is 1.39 bits per heavy atom. The fourth-order valence-electron chi connectivity index (χ4n) is 17.0. The van der Waals surface area contributed by atoms with Crippen molar-refractivity contribution in [1.29, 1.82) is 0 Å². The second-order valence-electron chi connectivity index (χ2n) is 26.4. The van der Waals surface area contributed by atoms with Gasteiger partial charge in [-0.25, -0.2) is 0 Å². The van der Waals surface area contributed by atoms with Crippen molar-refractivity contribution in [1.82, 2.24) is 5.32 Å². The molecule has 1 aliphatic heterocycles. The van der Waals surface area contributed by atoms with E-state index in [0.29, 0.717) is 42.4 Å². The summed E-state index contributed by atoms with van der Waals surface area (Å²) >= 11 is 0. The van der Waals surface area contributed by atoms with Gasteiger partial charge in [-0.1, -0.05) is 150 Å². The molecule has 7 unspecified atom stereocenters. The highest BCUT2D eigenvalue weighted by molar-refractivity contribution is 5.84. The summed E-state index contributed by atoms with van der Waals surface area (Å²) in [6, 6.07) is 18.4. The first kappa shape index (κ1) is 54.0. The van der Waals surface area contributed by atoms with Crippen LogP contribution in [0.15, 0.2) is 66.2 Å². The molecule has 15 atom stereocenters. The van der Waals surface area contributed by atoms with E-state index < -0.39 is 11.7 Å². The van der Waals surface area contributed by atoms with Gasteiger partial charge < -0.3 is 24.3 Å². The van der Waals surface area contributed by atoms with Crippen molar-refractivity contribution in [2.75, 3.05) is 6.54 Å². The smallest absolute Gasteiger partial charge is 0.220 e. The Balaban J connectivity index is 0.795. The van der Waals surface area contributed by atoms with Gasteiger partial charge in [0, 0.05) is 24.3 Å². The van der Waals surface area contributed by atoms with Crippen LogP contribution in [0.1, 0.15) is 197 Å². The lowest BCUT2D eigenvalue weighted by Crippen LogP contribution is -2.67. The predicted molar refractivity (Wildman–Crippen MR) is 287 cm³/mol. The number of fused-ring (bicyclic) bond motifs is 7. The fourth-order valence-corrected chi connectivity index (χ4v) is 17.0. The predicted octanol–water partition coefficient (Wildman–Crippen LogP) is 15.5. The second kappa shape index (κ2) is 21.5. The SMILES string of the molecule is CC(=O)[C@]12CCC(C)(C)CC1C1=CCC3C4(C)CC[C@H](O[C@@H]5OC(CNC(=O)CCCCCCCCCCc6ccc(Oc7ccccc7)cc6)[C@@H](C)[C@H](C)C5C)C(C)(C=O)[C@@H]4CC[C@@]3(C)[C@]1(C)CC2C. The number of carbonyl (C=O) groups excluding carboxylic acids is 3. The van der Waals surface area contributed by atoms with Crippen molar-refractivity contribution in [3.05, 3.63) is 71.8 Å². The Hall–Kier alpha value is -3.29. The van der Waals surface area contributed by atoms with E-state index in [2.05, 4.69) is 105 Å². The molecule has 6 aliphatic rings. The summed E-state index contributed by atoms with van der Waals surface area (Å²) < 4.78 is 19.9. The maximum Gasteiger partial charge on any atom is 0.220 e. The van der Waals surface area contributed by atoms with Crippen LogP contribution >= 0.6 is 0 Å². The Morgan fingerprint density at radius 1 is 0.732 bits per heavy atom. The van der Waals surface area contributed by atoms with Crippen LogP contribution in [0, 0.1) is 73.9 Å². The molecule has 0 bridgehead atoms. The van der Waals surface area contributed by atoms with Crippen LogP contribution < -0.4 is 10.1 Å². The maximum atomic E-state index is 13.8. The molecule has 71 heavy (non-hydrogen) atoms. The van der Waals surface area contributed by atoms with Crippen LogP contribution in [0.3, 0.4) is 0 Å². The zero-order valence-corrected chi connectivity index (χ0v) is 46.2. The van der Waals surface area contributed by atoms with Gasteiger partial charge in [-0.05, 0) is 171 Å². The molecule has 8 rings (SSSR count). The summed E-state index contributed by atoms with van der Waals surface area (Å²) in [5.41, 5.74) is 2.40. The maximum absolute atomic E-state index is 13.8. The first-order valence-electron chi connectivity index (χ1n) is 28.8. The third kappa shape index (κ3) is 10.3. The first-order valence-corrected chi connectivity index (χ1v) is 28.8. The van der Waals surface area contributed by atoms with Gasteiger partial charge in [-0.3, -0.25) is 9.59 Å². The van der Waals surface area contributed by atoms with E-state index in [-0.39, 0.29) is 62.9 Å². The minimum Gasteiger partial charge on any atom is -0.457 e. The molecular weight excluding hydrogens is 879 g/mol. The van der Waals surface area contributed by atoms with Crippen LogP contribution in [0.25, 0.3) is 0 Å². The monoisotopic (exact) mass is 974 g/mol. The Morgan fingerprint density at radius 3 is 2.07 bits per heavy atom. The number of nitrogens with one attached hydrogen (secondary N) is 1. The number of carbonyl (C=O) groups is 3. The largest absolute Gasteiger partial charge is 0.457 e. The van der Waals surface area contributed by atoms with Crippen molar-refractivity contribution in [2.45, 2.75) is 217 Å². The number of amides is 1. The Bertz CT molecular complexity index is 2180. The quantitative estimate of drug-likeness (QED) is 0.0653. The minimum atomic E-state index is -0.636. The number of ether oxygens (including phenoxy) is 3. The molecule has 2 aromatic carbocycles. The number of rotatable bonds is 19. The molecule has 0 aromatic heterocycles. The number of para-hydroxylation sites is 1. The summed E-state index contributed by atoms with van der Waals surface area (Å²) in [6.07, 6.45) is 23.4. The molecule has 0 spiro atoms. The summed E-state index contributed by atoms with van der Waals surface area (Å²) in [4.78, 5) is 40.7. The lowest BCUT2D eigenvalue weighted by atomic mass is 9.32. The molecule has 0 radical (unpaired) electrons. The Labute approximate surface area is 430 Å². The lowest BCUT2D eigenvalue weighted by molar-refractivity contribution is -0.293. The van der Waals surface area contributed by atoms with Gasteiger partial charge in [0.25, 0.3) is 0 Å². The van der Waals surface area contributed by atoms with Gasteiger partial charge in [-0.15, -0.1) is 0 Å². The molecule has 7 nitrogen and oxygen atoms in total. The number of hydrogen-bond donors (Lipinski definition) is 1. The van der Waals surface area contributed by atoms with Crippen molar-refractivity contribution in [3.63, 3.8) is 0 Å². The number of hydrogen-bond acceptors (Lipinski definition) is 6. The standard InChI is InChI=1S/C64H95NO6/c1-43-39-63(11)51(52-40-59(6,7)37-38-64(43,52)47(5)67)31-32-55-60(8)35-34-56(61(9,42-66)54(60)33-36-62(55,63)10)71-58-46(4)44(2)45(3)53(70-58)41-65-57(68)26-22-17-15-13-12-14-16-19-23-48-27-29-50(30-28-48)69-49-24-20-18-21-25-49/h18,20-21,24-25,27-31,42-46,52-56,58H,12-17,19,22-23,26,32-41H2,1-11H3,(H,65,68)/t43?,44-,45-,46?,52?,53?,54+,55?,56-,58-,60?,61?,62+,63+,64+/m0/s1. The number of benzene rings is 2. The van der Waals surface area contributed by atoms with E-state index >= 15 is 0 Å². The molecule has 1 N–H and O–H groups in total. The van der Waals surface area contributed by atoms with E-state index in [1.165, 1.54) is 50.4 Å². The summed E-state index contributed by atoms with van der Waals surface area (Å²) in [5, 5.41) is 3.24. The normalized spacial score (nSPS) is 39.4. The number of ketones is 1. The third-order valence-corrected chi connectivity index (χ3v) is 22.0. The first-order chi connectivity index (χ1) is 33.7. The molecule has 5 fully saturated rings. The van der Waals surface area contributed by atoms with Crippen LogP contribution in [-0.4, -0.2) is 43.0 Å². The number of unbranched alkanes of at least 4 members (excludes halogenated alkanes) is 7. The van der Waals surface area contributed by atoms with Crippen LogP contribution in [0.4, 0.5) is 0 Å². The highest BCUT2D eigenvalue weighted by atomic mass is 16.7. The molecule has 7 heteroatoms. The lowest BCUT2D eigenvalue weighted by Gasteiger charge is -2.72. The number of allylic oxidation sites excluding steroid dienone is 2. The molecule has 1 heterocycles. The van der Waals surface area contributed by atoms with Crippen LogP contribution in [0.2, 0.25) is 0 Å². The average Bonchev–Trinajstić information content (AvgIpc) is 3.33. The van der Waals surface area contributed by atoms with Gasteiger partial charge >= 0.3 is 0 Å². The molecule has 5 aliphatic carbocycles. The summed E-state index contributed by atoms with van der Waals surface area (Å²) in [7, 11) is 0. The minimum absolute atomic E-state index is 0.0138. The molecule has 392 valence electrons. The summed E-state index contributed by atoms with van der Waals surface area (Å²) in [6.45, 7) is 26.4. The van der Waals surface area contributed by atoms with Crippen molar-refractivity contribution < 1.29 is 28.6 Å². The zero-order chi connectivity index (χ0) is 51.0. The van der Waals surface area contributed by atoms with E-state index in [1.807, 2.05) is 37.3 Å². The van der Waals surface area contributed by atoms with Gasteiger partial charge in [0.1, 0.15) is 23.6 Å². The van der Waals surface area contributed by atoms with Gasteiger partial charge in [0.15, 0.2) is 6.29 Å². The van der Waals surface area contributed by atoms with Crippen molar-refractivity contribution in [3.8, 4) is 11.5 Å². The van der Waals surface area contributed by atoms with Crippen LogP contribution in [0.5, 0.6) is 11.5 Å². The number of aryl methyl sites for hydroxylation is 1.